The summed E-state index contributed by atoms with van der Waals surface area (Å²) in [5, 5.41) is 1.71. The van der Waals surface area contributed by atoms with Gasteiger partial charge >= 0.3 is 0 Å². The van der Waals surface area contributed by atoms with Gasteiger partial charge in [0.15, 0.2) is 0 Å². The van der Waals surface area contributed by atoms with E-state index < -0.39 is 0 Å². The van der Waals surface area contributed by atoms with Gasteiger partial charge in [-0.05, 0) is 29.7 Å². The van der Waals surface area contributed by atoms with Crippen molar-refractivity contribution in [1.82, 2.24) is 14.8 Å². The Morgan fingerprint density at radius 1 is 1.09 bits per heavy atom. The number of carbonyl (C=O) groups is 2. The molecule has 114 valence electrons. The molecule has 2 aromatic rings. The molecule has 22 heavy (non-hydrogen) atoms. The maximum Gasteiger partial charge on any atom is 0.273 e. The number of nitrogens with two attached hydrogens (primary N) is 1. The standard InChI is InChI=1S/C16H18N4O2/c1-11(21)19-6-8-20(9-7-19)16(22)15-14-3-2-13(17)10-12(14)4-5-18-15/h2-5,10H,6-9,17H2,1H3. The number of nitrogens with zero attached hydrogens (tertiary/aromatic N) is 3. The molecule has 1 aromatic carbocycles. The zero-order valence-electron chi connectivity index (χ0n) is 12.5. The minimum atomic E-state index is -0.0985. The number of benzene rings is 1. The maximum atomic E-state index is 12.7. The Kier molecular flexibility index (Phi) is 3.66. The van der Waals surface area contributed by atoms with Crippen LogP contribution in [-0.4, -0.2) is 52.8 Å². The van der Waals surface area contributed by atoms with Crippen LogP contribution in [0.3, 0.4) is 0 Å². The summed E-state index contributed by atoms with van der Waals surface area (Å²) in [6, 6.07) is 7.28. The second-order valence-corrected chi connectivity index (χ2v) is 5.44. The van der Waals surface area contributed by atoms with Gasteiger partial charge in [-0.1, -0.05) is 0 Å². The Balaban J connectivity index is 1.86. The van der Waals surface area contributed by atoms with Gasteiger partial charge in [0.1, 0.15) is 5.69 Å². The minimum Gasteiger partial charge on any atom is -0.399 e. The van der Waals surface area contributed by atoms with Crippen molar-refractivity contribution in [3.05, 3.63) is 36.2 Å². The van der Waals surface area contributed by atoms with Crippen LogP contribution in [0.2, 0.25) is 0 Å². The lowest BCUT2D eigenvalue weighted by atomic mass is 10.1. The lowest BCUT2D eigenvalue weighted by Gasteiger charge is -2.34. The van der Waals surface area contributed by atoms with Gasteiger partial charge in [-0.3, -0.25) is 14.6 Å². The van der Waals surface area contributed by atoms with E-state index in [0.717, 1.165) is 10.8 Å². The van der Waals surface area contributed by atoms with Gasteiger partial charge in [0.05, 0.1) is 0 Å². The molecule has 3 rings (SSSR count). The van der Waals surface area contributed by atoms with Crippen LogP contribution in [0.1, 0.15) is 17.4 Å². The van der Waals surface area contributed by atoms with E-state index in [4.69, 9.17) is 5.73 Å². The summed E-state index contributed by atoms with van der Waals surface area (Å²) in [6.07, 6.45) is 1.63. The van der Waals surface area contributed by atoms with Crippen LogP contribution in [-0.2, 0) is 4.79 Å². The molecule has 0 aliphatic carbocycles. The highest BCUT2D eigenvalue weighted by Crippen LogP contribution is 2.21. The van der Waals surface area contributed by atoms with Crippen LogP contribution in [0.4, 0.5) is 5.69 Å². The van der Waals surface area contributed by atoms with E-state index in [1.807, 2.05) is 18.2 Å². The van der Waals surface area contributed by atoms with E-state index in [-0.39, 0.29) is 11.8 Å². The highest BCUT2D eigenvalue weighted by molar-refractivity contribution is 6.05. The third kappa shape index (κ3) is 2.59. The van der Waals surface area contributed by atoms with Gasteiger partial charge < -0.3 is 15.5 Å². The smallest absolute Gasteiger partial charge is 0.273 e. The Bertz CT molecular complexity index is 736. The van der Waals surface area contributed by atoms with Crippen molar-refractivity contribution < 1.29 is 9.59 Å². The quantitative estimate of drug-likeness (QED) is 0.800. The summed E-state index contributed by atoms with van der Waals surface area (Å²) in [5.41, 5.74) is 6.88. The summed E-state index contributed by atoms with van der Waals surface area (Å²) < 4.78 is 0. The highest BCUT2D eigenvalue weighted by atomic mass is 16.2. The van der Waals surface area contributed by atoms with Crippen LogP contribution in [0.15, 0.2) is 30.5 Å². The molecule has 2 N–H and O–H groups in total. The number of hydrogen-bond acceptors (Lipinski definition) is 4. The molecule has 2 heterocycles. The zero-order chi connectivity index (χ0) is 15.7. The number of piperazine rings is 1. The molecule has 2 amide bonds. The van der Waals surface area contributed by atoms with E-state index in [9.17, 15) is 9.59 Å². The van der Waals surface area contributed by atoms with E-state index in [1.54, 1.807) is 29.0 Å². The molecule has 0 saturated carbocycles. The first-order valence-electron chi connectivity index (χ1n) is 7.25. The normalized spacial score (nSPS) is 15.1. The summed E-state index contributed by atoms with van der Waals surface area (Å²) >= 11 is 0. The third-order valence-electron chi connectivity index (χ3n) is 4.00. The van der Waals surface area contributed by atoms with Crippen molar-refractivity contribution in [2.24, 2.45) is 0 Å². The van der Waals surface area contributed by atoms with E-state index >= 15 is 0 Å². The van der Waals surface area contributed by atoms with Crippen LogP contribution < -0.4 is 5.73 Å². The van der Waals surface area contributed by atoms with Crippen molar-refractivity contribution in [1.29, 1.82) is 0 Å². The van der Waals surface area contributed by atoms with Crippen molar-refractivity contribution in [3.63, 3.8) is 0 Å². The van der Waals surface area contributed by atoms with Crippen LogP contribution in [0.5, 0.6) is 0 Å². The number of aromatic nitrogens is 1. The number of anilines is 1. The fourth-order valence-corrected chi connectivity index (χ4v) is 2.74. The Morgan fingerprint density at radius 2 is 1.77 bits per heavy atom. The number of rotatable bonds is 1. The van der Waals surface area contributed by atoms with E-state index in [2.05, 4.69) is 4.98 Å². The molecule has 1 fully saturated rings. The highest BCUT2D eigenvalue weighted by Gasteiger charge is 2.25. The SMILES string of the molecule is CC(=O)N1CCN(C(=O)c2nccc3cc(N)ccc23)CC1. The first kappa shape index (κ1) is 14.3. The van der Waals surface area contributed by atoms with Gasteiger partial charge in [0, 0.05) is 50.4 Å². The number of nitrogen functional groups attached to an aromatic ring is 1. The van der Waals surface area contributed by atoms with Crippen molar-refractivity contribution in [2.75, 3.05) is 31.9 Å². The molecular weight excluding hydrogens is 280 g/mol. The first-order valence-corrected chi connectivity index (χ1v) is 7.25. The number of carbonyl (C=O) groups excluding carboxylic acids is 2. The second-order valence-electron chi connectivity index (χ2n) is 5.44. The molecule has 1 aliphatic rings. The summed E-state index contributed by atoms with van der Waals surface area (Å²) in [5.74, 6) is -0.0515. The number of fused-ring (bicyclic) bond motifs is 1. The second kappa shape index (κ2) is 5.63. The summed E-state index contributed by atoms with van der Waals surface area (Å²) in [7, 11) is 0. The van der Waals surface area contributed by atoms with Crippen LogP contribution in [0.25, 0.3) is 10.8 Å². The van der Waals surface area contributed by atoms with E-state index in [0.29, 0.717) is 37.6 Å². The molecular formula is C16H18N4O2. The number of pyridine rings is 1. The largest absolute Gasteiger partial charge is 0.399 e. The molecule has 0 bridgehead atoms. The first-order chi connectivity index (χ1) is 10.6. The summed E-state index contributed by atoms with van der Waals surface area (Å²) in [6.45, 7) is 3.75. The minimum absolute atomic E-state index is 0.0471. The fraction of sp³-hybridized carbons (Fsp3) is 0.312. The van der Waals surface area contributed by atoms with Crippen LogP contribution in [0, 0.1) is 0 Å². The molecule has 0 atom stereocenters. The number of hydrogen-bond donors (Lipinski definition) is 1. The molecule has 1 aromatic heterocycles. The molecule has 0 spiro atoms. The van der Waals surface area contributed by atoms with Gasteiger partial charge in [-0.15, -0.1) is 0 Å². The van der Waals surface area contributed by atoms with Gasteiger partial charge in [-0.2, -0.15) is 0 Å². The van der Waals surface area contributed by atoms with Crippen molar-refractivity contribution in [2.45, 2.75) is 6.92 Å². The maximum absolute atomic E-state index is 12.7. The Morgan fingerprint density at radius 3 is 2.45 bits per heavy atom. The summed E-state index contributed by atoms with van der Waals surface area (Å²) in [4.78, 5) is 31.8. The molecule has 1 saturated heterocycles. The topological polar surface area (TPSA) is 79.5 Å². The zero-order valence-corrected chi connectivity index (χ0v) is 12.5. The third-order valence-corrected chi connectivity index (χ3v) is 4.00. The van der Waals surface area contributed by atoms with Gasteiger partial charge in [0.2, 0.25) is 5.91 Å². The van der Waals surface area contributed by atoms with Crippen molar-refractivity contribution in [3.8, 4) is 0 Å². The number of amides is 2. The van der Waals surface area contributed by atoms with Gasteiger partial charge in [-0.25, -0.2) is 0 Å². The fourth-order valence-electron chi connectivity index (χ4n) is 2.74. The average Bonchev–Trinajstić information content (AvgIpc) is 2.53. The molecule has 6 nitrogen and oxygen atoms in total. The molecule has 0 unspecified atom stereocenters. The van der Waals surface area contributed by atoms with Gasteiger partial charge in [0.25, 0.3) is 5.91 Å². The van der Waals surface area contributed by atoms with Crippen LogP contribution >= 0.6 is 0 Å². The lowest BCUT2D eigenvalue weighted by molar-refractivity contribution is -0.130. The Hall–Kier alpha value is -2.63. The van der Waals surface area contributed by atoms with Crippen molar-refractivity contribution >= 4 is 28.3 Å². The lowest BCUT2D eigenvalue weighted by Crippen LogP contribution is -2.50. The van der Waals surface area contributed by atoms with E-state index in [1.165, 1.54) is 0 Å². The monoisotopic (exact) mass is 298 g/mol. The average molecular weight is 298 g/mol. The molecule has 6 heteroatoms. The Labute approximate surface area is 128 Å². The molecule has 1 aliphatic heterocycles. The predicted molar refractivity (Wildman–Crippen MR) is 84.3 cm³/mol. The predicted octanol–water partition coefficient (Wildman–Crippen LogP) is 1.12. The molecule has 0 radical (unpaired) electrons.